The molecule has 0 aromatic carbocycles. The maximum absolute atomic E-state index is 5.74. The maximum atomic E-state index is 5.74. The molecule has 60 valence electrons. The van der Waals surface area contributed by atoms with Gasteiger partial charge in [-0.1, -0.05) is 6.92 Å². The van der Waals surface area contributed by atoms with Crippen LogP contribution in [-0.2, 0) is 6.42 Å². The van der Waals surface area contributed by atoms with Gasteiger partial charge in [0.25, 0.3) is 0 Å². The predicted octanol–water partition coefficient (Wildman–Crippen LogP) is 0.756. The molecule has 0 spiro atoms. The fraction of sp³-hybridized carbons (Fsp3) is 0.500. The molecule has 1 unspecified atom stereocenters. The Labute approximate surface area is 66.6 Å². The molecule has 0 saturated heterocycles. The van der Waals surface area contributed by atoms with E-state index >= 15 is 0 Å². The summed E-state index contributed by atoms with van der Waals surface area (Å²) in [5, 5.41) is 7.70. The van der Waals surface area contributed by atoms with E-state index < -0.39 is 0 Å². The predicted molar refractivity (Wildman–Crippen MR) is 44.0 cm³/mol. The molecule has 0 aliphatic heterocycles. The number of rotatable bonds is 3. The summed E-state index contributed by atoms with van der Waals surface area (Å²) in [6.07, 6.45) is 3.47. The molecule has 0 saturated carbocycles. The summed E-state index contributed by atoms with van der Waals surface area (Å²) in [4.78, 5) is 0. The highest BCUT2D eigenvalue weighted by atomic mass is 15.1. The van der Waals surface area contributed by atoms with Crippen LogP contribution >= 0.6 is 0 Å². The number of aromatic nitrogens is 2. The van der Waals surface area contributed by atoms with Crippen molar-refractivity contribution < 1.29 is 0 Å². The largest absolute Gasteiger partial charge is 0.327 e. The van der Waals surface area contributed by atoms with Crippen molar-refractivity contribution in [3.8, 4) is 0 Å². The van der Waals surface area contributed by atoms with E-state index in [1.54, 1.807) is 6.20 Å². The minimum Gasteiger partial charge on any atom is -0.327 e. The second kappa shape index (κ2) is 4.03. The van der Waals surface area contributed by atoms with Crippen LogP contribution in [0.1, 0.15) is 19.0 Å². The zero-order valence-corrected chi connectivity index (χ0v) is 6.70. The van der Waals surface area contributed by atoms with Gasteiger partial charge in [-0.3, -0.25) is 0 Å². The van der Waals surface area contributed by atoms with Crippen molar-refractivity contribution in [1.82, 2.24) is 10.2 Å². The Morgan fingerprint density at radius 2 is 2.45 bits per heavy atom. The lowest BCUT2D eigenvalue weighted by atomic mass is 10.1. The Balaban J connectivity index is 2.51. The molecule has 0 fully saturated rings. The summed E-state index contributed by atoms with van der Waals surface area (Å²) in [6, 6.07) is 4.04. The van der Waals surface area contributed by atoms with Gasteiger partial charge in [0.05, 0.1) is 5.69 Å². The SMILES string of the molecule is CCC(N)Cc1cccnn1. The minimum atomic E-state index is 0.215. The molecule has 0 aliphatic rings. The summed E-state index contributed by atoms with van der Waals surface area (Å²) in [6.45, 7) is 2.07. The number of nitrogens with zero attached hydrogens (tertiary/aromatic N) is 2. The van der Waals surface area contributed by atoms with Gasteiger partial charge in [-0.2, -0.15) is 10.2 Å². The van der Waals surface area contributed by atoms with Gasteiger partial charge in [0, 0.05) is 18.7 Å². The average Bonchev–Trinajstić information content (AvgIpc) is 2.06. The van der Waals surface area contributed by atoms with E-state index in [0.29, 0.717) is 0 Å². The second-order valence-corrected chi connectivity index (χ2v) is 2.59. The van der Waals surface area contributed by atoms with Crippen molar-refractivity contribution in [1.29, 1.82) is 0 Å². The van der Waals surface area contributed by atoms with Crippen LogP contribution in [0.5, 0.6) is 0 Å². The zero-order valence-electron chi connectivity index (χ0n) is 6.70. The van der Waals surface area contributed by atoms with E-state index in [1.165, 1.54) is 0 Å². The Hall–Kier alpha value is -0.960. The first kappa shape index (κ1) is 8.14. The highest BCUT2D eigenvalue weighted by Crippen LogP contribution is 1.97. The third-order valence-electron chi connectivity index (χ3n) is 1.62. The molecule has 11 heavy (non-hydrogen) atoms. The van der Waals surface area contributed by atoms with Crippen LogP contribution in [-0.4, -0.2) is 16.2 Å². The lowest BCUT2D eigenvalue weighted by Gasteiger charge is -2.05. The summed E-state index contributed by atoms with van der Waals surface area (Å²) in [5.41, 5.74) is 6.71. The second-order valence-electron chi connectivity index (χ2n) is 2.59. The highest BCUT2D eigenvalue weighted by Gasteiger charge is 2.00. The van der Waals surface area contributed by atoms with Gasteiger partial charge in [-0.05, 0) is 18.6 Å². The number of hydrogen-bond donors (Lipinski definition) is 1. The lowest BCUT2D eigenvalue weighted by molar-refractivity contribution is 0.630. The quantitative estimate of drug-likeness (QED) is 0.693. The van der Waals surface area contributed by atoms with E-state index in [-0.39, 0.29) is 6.04 Å². The van der Waals surface area contributed by atoms with Crippen molar-refractivity contribution in [3.63, 3.8) is 0 Å². The lowest BCUT2D eigenvalue weighted by Crippen LogP contribution is -2.21. The first-order valence-corrected chi connectivity index (χ1v) is 3.85. The summed E-state index contributed by atoms with van der Waals surface area (Å²) < 4.78 is 0. The molecular weight excluding hydrogens is 138 g/mol. The Bertz CT molecular complexity index is 198. The fourth-order valence-electron chi connectivity index (χ4n) is 0.855. The molecule has 3 heteroatoms. The van der Waals surface area contributed by atoms with Gasteiger partial charge in [0.15, 0.2) is 0 Å². The van der Waals surface area contributed by atoms with Crippen molar-refractivity contribution in [2.24, 2.45) is 5.73 Å². The molecule has 3 nitrogen and oxygen atoms in total. The maximum Gasteiger partial charge on any atom is 0.0646 e. The molecule has 1 aromatic heterocycles. The van der Waals surface area contributed by atoms with E-state index in [1.807, 2.05) is 12.1 Å². The van der Waals surface area contributed by atoms with Crippen LogP contribution < -0.4 is 5.73 Å². The third kappa shape index (κ3) is 2.63. The van der Waals surface area contributed by atoms with Crippen LogP contribution in [0.3, 0.4) is 0 Å². The molecule has 0 amide bonds. The standard InChI is InChI=1S/C8H13N3/c1-2-7(9)6-8-4-3-5-10-11-8/h3-5,7H,2,6,9H2,1H3. The Morgan fingerprint density at radius 1 is 1.64 bits per heavy atom. The Morgan fingerprint density at radius 3 is 3.00 bits per heavy atom. The normalized spacial score (nSPS) is 12.9. The molecule has 0 aliphatic carbocycles. The van der Waals surface area contributed by atoms with Crippen molar-refractivity contribution >= 4 is 0 Å². The molecule has 1 aromatic rings. The summed E-state index contributed by atoms with van der Waals surface area (Å²) in [5.74, 6) is 0. The molecule has 1 atom stereocenters. The minimum absolute atomic E-state index is 0.215. The van der Waals surface area contributed by atoms with Gasteiger partial charge >= 0.3 is 0 Å². The van der Waals surface area contributed by atoms with Crippen molar-refractivity contribution in [3.05, 3.63) is 24.0 Å². The van der Waals surface area contributed by atoms with Crippen LogP contribution in [0, 0.1) is 0 Å². The van der Waals surface area contributed by atoms with Gasteiger partial charge in [-0.25, -0.2) is 0 Å². The topological polar surface area (TPSA) is 51.8 Å². The zero-order chi connectivity index (χ0) is 8.10. The first-order valence-electron chi connectivity index (χ1n) is 3.85. The fourth-order valence-corrected chi connectivity index (χ4v) is 0.855. The Kier molecular flexibility index (Phi) is 2.98. The monoisotopic (exact) mass is 151 g/mol. The van der Waals surface area contributed by atoms with Crippen LogP contribution in [0.4, 0.5) is 0 Å². The van der Waals surface area contributed by atoms with E-state index in [0.717, 1.165) is 18.5 Å². The van der Waals surface area contributed by atoms with Gasteiger partial charge in [-0.15, -0.1) is 0 Å². The molecular formula is C8H13N3. The van der Waals surface area contributed by atoms with Crippen LogP contribution in [0.2, 0.25) is 0 Å². The van der Waals surface area contributed by atoms with E-state index in [2.05, 4.69) is 17.1 Å². The number of hydrogen-bond acceptors (Lipinski definition) is 3. The molecule has 0 radical (unpaired) electrons. The van der Waals surface area contributed by atoms with E-state index in [4.69, 9.17) is 5.73 Å². The average molecular weight is 151 g/mol. The van der Waals surface area contributed by atoms with Gasteiger partial charge in [0.1, 0.15) is 0 Å². The first-order chi connectivity index (χ1) is 5.33. The highest BCUT2D eigenvalue weighted by molar-refractivity contribution is 5.00. The van der Waals surface area contributed by atoms with Crippen molar-refractivity contribution in [2.75, 3.05) is 0 Å². The molecule has 1 heterocycles. The summed E-state index contributed by atoms with van der Waals surface area (Å²) in [7, 11) is 0. The third-order valence-corrected chi connectivity index (χ3v) is 1.62. The van der Waals surface area contributed by atoms with E-state index in [9.17, 15) is 0 Å². The smallest absolute Gasteiger partial charge is 0.0646 e. The summed E-state index contributed by atoms with van der Waals surface area (Å²) >= 11 is 0. The molecule has 0 bridgehead atoms. The molecule has 1 rings (SSSR count). The van der Waals surface area contributed by atoms with Gasteiger partial charge < -0.3 is 5.73 Å². The number of nitrogens with two attached hydrogens (primary N) is 1. The van der Waals surface area contributed by atoms with Crippen molar-refractivity contribution in [2.45, 2.75) is 25.8 Å². The molecule has 2 N–H and O–H groups in total. The van der Waals surface area contributed by atoms with Crippen LogP contribution in [0.25, 0.3) is 0 Å². The van der Waals surface area contributed by atoms with Crippen LogP contribution in [0.15, 0.2) is 18.3 Å². The van der Waals surface area contributed by atoms with Gasteiger partial charge in [0.2, 0.25) is 0 Å².